The van der Waals surface area contributed by atoms with E-state index in [4.69, 9.17) is 5.11 Å². The Morgan fingerprint density at radius 3 is 2.94 bits per heavy atom. The van der Waals surface area contributed by atoms with Crippen molar-refractivity contribution in [3.63, 3.8) is 0 Å². The molecule has 0 aliphatic rings. The van der Waals surface area contributed by atoms with E-state index in [-0.39, 0.29) is 12.5 Å². The van der Waals surface area contributed by atoms with E-state index in [1.807, 2.05) is 16.8 Å². The highest BCUT2D eigenvalue weighted by molar-refractivity contribution is 7.08. The monoisotopic (exact) mass is 241 g/mol. The second-order valence-electron chi connectivity index (χ2n) is 3.89. The minimum Gasteiger partial charge on any atom is -0.396 e. The summed E-state index contributed by atoms with van der Waals surface area (Å²) in [6, 6.07) is 1.82. The van der Waals surface area contributed by atoms with E-state index >= 15 is 0 Å². The third-order valence-electron chi connectivity index (χ3n) is 2.57. The van der Waals surface area contributed by atoms with Crippen molar-refractivity contribution in [2.75, 3.05) is 13.2 Å². The lowest BCUT2D eigenvalue weighted by atomic mass is 10.0. The first-order chi connectivity index (χ1) is 7.77. The fraction of sp³-hybridized carbons (Fsp3) is 0.583. The summed E-state index contributed by atoms with van der Waals surface area (Å²) in [5, 5.41) is 15.6. The van der Waals surface area contributed by atoms with Crippen LogP contribution in [0, 0.1) is 5.92 Å². The van der Waals surface area contributed by atoms with Crippen LogP contribution in [0.4, 0.5) is 0 Å². The fourth-order valence-corrected chi connectivity index (χ4v) is 2.31. The van der Waals surface area contributed by atoms with Crippen LogP contribution in [0.3, 0.4) is 0 Å². The summed E-state index contributed by atoms with van der Waals surface area (Å²) >= 11 is 1.52. The van der Waals surface area contributed by atoms with Gasteiger partial charge in [0, 0.05) is 24.1 Å². The molecule has 0 spiro atoms. The molecule has 1 aromatic rings. The molecule has 0 fully saturated rings. The molecule has 1 rings (SSSR count). The summed E-state index contributed by atoms with van der Waals surface area (Å²) in [4.78, 5) is 11.7. The lowest BCUT2D eigenvalue weighted by Gasteiger charge is -2.15. The third-order valence-corrected chi connectivity index (χ3v) is 3.25. The normalized spacial score (nSPS) is 12.4. The van der Waals surface area contributed by atoms with Crippen molar-refractivity contribution in [3.05, 3.63) is 22.4 Å². The molecule has 16 heavy (non-hydrogen) atoms. The van der Waals surface area contributed by atoms with Crippen molar-refractivity contribution < 1.29 is 9.90 Å². The maximum Gasteiger partial charge on any atom is 0.252 e. The number of hydrogen-bond donors (Lipinski definition) is 2. The van der Waals surface area contributed by atoms with Crippen LogP contribution in [0.1, 0.15) is 36.5 Å². The zero-order chi connectivity index (χ0) is 11.8. The first-order valence-electron chi connectivity index (χ1n) is 5.69. The van der Waals surface area contributed by atoms with Gasteiger partial charge in [0.1, 0.15) is 0 Å². The van der Waals surface area contributed by atoms with Crippen LogP contribution in [-0.4, -0.2) is 24.2 Å². The van der Waals surface area contributed by atoms with E-state index in [0.717, 1.165) is 24.8 Å². The lowest BCUT2D eigenvalue weighted by Crippen LogP contribution is -2.29. The quantitative estimate of drug-likeness (QED) is 0.769. The topological polar surface area (TPSA) is 49.3 Å². The summed E-state index contributed by atoms with van der Waals surface area (Å²) in [5.41, 5.74) is 0.726. The van der Waals surface area contributed by atoms with Crippen molar-refractivity contribution in [1.29, 1.82) is 0 Å². The van der Waals surface area contributed by atoms with Crippen molar-refractivity contribution >= 4 is 17.2 Å². The highest BCUT2D eigenvalue weighted by Crippen LogP contribution is 2.10. The highest BCUT2D eigenvalue weighted by Gasteiger charge is 2.10. The maximum absolute atomic E-state index is 11.7. The Kier molecular flexibility index (Phi) is 6.11. The zero-order valence-electron chi connectivity index (χ0n) is 9.61. The Balaban J connectivity index is 2.34. The van der Waals surface area contributed by atoms with Gasteiger partial charge in [-0.25, -0.2) is 0 Å². The molecule has 2 N–H and O–H groups in total. The third kappa shape index (κ3) is 4.33. The van der Waals surface area contributed by atoms with E-state index < -0.39 is 0 Å². The summed E-state index contributed by atoms with van der Waals surface area (Å²) in [6.07, 6.45) is 2.89. The summed E-state index contributed by atoms with van der Waals surface area (Å²) in [5.74, 6) is 0.373. The molecule has 0 saturated heterocycles. The highest BCUT2D eigenvalue weighted by atomic mass is 32.1. The Labute approximate surface area is 100 Å². The molecule has 0 aromatic carbocycles. The number of carbonyl (C=O) groups is 1. The lowest BCUT2D eigenvalue weighted by molar-refractivity contribution is 0.0943. The van der Waals surface area contributed by atoms with Crippen LogP contribution in [0.5, 0.6) is 0 Å². The molecule has 0 bridgehead atoms. The number of amides is 1. The Morgan fingerprint density at radius 1 is 1.56 bits per heavy atom. The van der Waals surface area contributed by atoms with Crippen molar-refractivity contribution in [2.45, 2.75) is 26.2 Å². The average molecular weight is 241 g/mol. The number of nitrogens with one attached hydrogen (secondary N) is 1. The number of aliphatic hydroxyl groups is 1. The predicted octanol–water partition coefficient (Wildman–Crippen LogP) is 2.28. The summed E-state index contributed by atoms with van der Waals surface area (Å²) in [6.45, 7) is 2.97. The molecule has 1 aromatic heterocycles. The van der Waals surface area contributed by atoms with Crippen LogP contribution in [0.2, 0.25) is 0 Å². The molecule has 1 amide bonds. The van der Waals surface area contributed by atoms with Crippen molar-refractivity contribution in [2.24, 2.45) is 5.92 Å². The van der Waals surface area contributed by atoms with Gasteiger partial charge in [0.2, 0.25) is 0 Å². The predicted molar refractivity (Wildman–Crippen MR) is 66.8 cm³/mol. The van der Waals surface area contributed by atoms with Gasteiger partial charge in [-0.05, 0) is 30.2 Å². The Morgan fingerprint density at radius 2 is 2.38 bits per heavy atom. The molecule has 4 heteroatoms. The first-order valence-corrected chi connectivity index (χ1v) is 6.63. The molecule has 0 aliphatic carbocycles. The van der Waals surface area contributed by atoms with Gasteiger partial charge >= 0.3 is 0 Å². The van der Waals surface area contributed by atoms with Gasteiger partial charge in [-0.1, -0.05) is 13.3 Å². The maximum atomic E-state index is 11.7. The van der Waals surface area contributed by atoms with Gasteiger partial charge < -0.3 is 10.4 Å². The van der Waals surface area contributed by atoms with Gasteiger partial charge in [-0.3, -0.25) is 4.79 Å². The van der Waals surface area contributed by atoms with Gasteiger partial charge in [0.05, 0.1) is 0 Å². The Bertz CT molecular complexity index is 292. The first kappa shape index (κ1) is 13.2. The van der Waals surface area contributed by atoms with Crippen LogP contribution in [0.25, 0.3) is 0 Å². The summed E-state index contributed by atoms with van der Waals surface area (Å²) in [7, 11) is 0. The van der Waals surface area contributed by atoms with Crippen molar-refractivity contribution in [3.8, 4) is 0 Å². The molecule has 90 valence electrons. The smallest absolute Gasteiger partial charge is 0.252 e. The van der Waals surface area contributed by atoms with Crippen LogP contribution < -0.4 is 5.32 Å². The number of rotatable bonds is 7. The minimum absolute atomic E-state index is 0.0136. The fourth-order valence-electron chi connectivity index (χ4n) is 1.67. The molecule has 1 heterocycles. The minimum atomic E-state index is -0.0136. The van der Waals surface area contributed by atoms with E-state index in [2.05, 4.69) is 12.2 Å². The molecule has 1 atom stereocenters. The number of hydrogen-bond acceptors (Lipinski definition) is 3. The molecular weight excluding hydrogens is 222 g/mol. The molecule has 3 nitrogen and oxygen atoms in total. The average Bonchev–Trinajstić information content (AvgIpc) is 2.79. The SMILES string of the molecule is CCCC(CCO)CNC(=O)c1ccsc1. The van der Waals surface area contributed by atoms with Gasteiger partial charge in [-0.2, -0.15) is 11.3 Å². The molecule has 0 radical (unpaired) electrons. The molecule has 1 unspecified atom stereocenters. The van der Waals surface area contributed by atoms with E-state index in [1.54, 1.807) is 0 Å². The molecular formula is C12H19NO2S. The number of carbonyl (C=O) groups excluding carboxylic acids is 1. The largest absolute Gasteiger partial charge is 0.396 e. The van der Waals surface area contributed by atoms with E-state index in [9.17, 15) is 4.79 Å². The van der Waals surface area contributed by atoms with Crippen LogP contribution in [-0.2, 0) is 0 Å². The Hall–Kier alpha value is -0.870. The second-order valence-corrected chi connectivity index (χ2v) is 4.67. The molecule has 0 saturated carbocycles. The van der Waals surface area contributed by atoms with E-state index in [1.165, 1.54) is 11.3 Å². The second kappa shape index (κ2) is 7.41. The zero-order valence-corrected chi connectivity index (χ0v) is 10.4. The number of thiophene rings is 1. The van der Waals surface area contributed by atoms with Gasteiger partial charge in [-0.15, -0.1) is 0 Å². The molecule has 0 aliphatic heterocycles. The van der Waals surface area contributed by atoms with Gasteiger partial charge in [0.15, 0.2) is 0 Å². The van der Waals surface area contributed by atoms with Crippen LogP contribution >= 0.6 is 11.3 Å². The summed E-state index contributed by atoms with van der Waals surface area (Å²) < 4.78 is 0. The van der Waals surface area contributed by atoms with Gasteiger partial charge in [0.25, 0.3) is 5.91 Å². The van der Waals surface area contributed by atoms with E-state index in [0.29, 0.717) is 12.5 Å². The standard InChI is InChI=1S/C12H19NO2S/c1-2-3-10(4-6-14)8-13-12(15)11-5-7-16-9-11/h5,7,9-10,14H,2-4,6,8H2,1H3,(H,13,15). The van der Waals surface area contributed by atoms with Crippen LogP contribution in [0.15, 0.2) is 16.8 Å². The number of aliphatic hydroxyl groups excluding tert-OH is 1. The van der Waals surface area contributed by atoms with Crippen molar-refractivity contribution in [1.82, 2.24) is 5.32 Å².